The van der Waals surface area contributed by atoms with E-state index in [9.17, 15) is 14.4 Å². The molecule has 28 heavy (non-hydrogen) atoms. The van der Waals surface area contributed by atoms with Crippen molar-refractivity contribution in [3.63, 3.8) is 0 Å². The molecular formula is C20H21ClN2O5. The van der Waals surface area contributed by atoms with Crippen LogP contribution in [0.4, 0.5) is 4.79 Å². The van der Waals surface area contributed by atoms with Crippen molar-refractivity contribution in [2.24, 2.45) is 0 Å². The largest absolute Gasteiger partial charge is 0.480 e. The first kappa shape index (κ1) is 21.2. The van der Waals surface area contributed by atoms with Crippen LogP contribution in [0.3, 0.4) is 0 Å². The van der Waals surface area contributed by atoms with Gasteiger partial charge in [0.1, 0.15) is 5.75 Å². The number of nitrogens with one attached hydrogen (secondary N) is 2. The Hall–Kier alpha value is -3.06. The molecule has 2 rings (SSSR count). The van der Waals surface area contributed by atoms with Gasteiger partial charge in [0.05, 0.1) is 5.02 Å². The van der Waals surface area contributed by atoms with Gasteiger partial charge in [-0.1, -0.05) is 48.0 Å². The summed E-state index contributed by atoms with van der Waals surface area (Å²) in [6.07, 6.45) is 0. The monoisotopic (exact) mass is 404 g/mol. The number of carbonyl (C=O) groups is 3. The van der Waals surface area contributed by atoms with Crippen LogP contribution < -0.4 is 15.4 Å². The van der Waals surface area contributed by atoms with Crippen LogP contribution in [0, 0.1) is 0 Å². The lowest BCUT2D eigenvalue weighted by Gasteiger charge is -2.11. The first-order chi connectivity index (χ1) is 13.3. The molecule has 0 bridgehead atoms. The number of benzene rings is 2. The van der Waals surface area contributed by atoms with E-state index in [4.69, 9.17) is 21.1 Å². The first-order valence-corrected chi connectivity index (χ1v) is 8.96. The van der Waals surface area contributed by atoms with Gasteiger partial charge in [-0.05, 0) is 37.1 Å². The summed E-state index contributed by atoms with van der Waals surface area (Å²) in [5.41, 5.74) is 1.92. The van der Waals surface area contributed by atoms with Crippen LogP contribution in [0.15, 0.2) is 48.5 Å². The highest BCUT2D eigenvalue weighted by atomic mass is 35.5. The van der Waals surface area contributed by atoms with Crippen molar-refractivity contribution in [2.75, 3.05) is 13.2 Å². The van der Waals surface area contributed by atoms with E-state index in [0.29, 0.717) is 10.8 Å². The van der Waals surface area contributed by atoms with Gasteiger partial charge in [-0.15, -0.1) is 0 Å². The van der Waals surface area contributed by atoms with E-state index in [1.54, 1.807) is 26.0 Å². The summed E-state index contributed by atoms with van der Waals surface area (Å²) in [5.74, 6) is -1.18. The number of ether oxygens (including phenoxy) is 2. The minimum Gasteiger partial charge on any atom is -0.480 e. The number of amides is 3. The van der Waals surface area contributed by atoms with Gasteiger partial charge < -0.3 is 14.8 Å². The average molecular weight is 405 g/mol. The number of esters is 1. The fourth-order valence-corrected chi connectivity index (χ4v) is 2.45. The van der Waals surface area contributed by atoms with E-state index >= 15 is 0 Å². The van der Waals surface area contributed by atoms with Crippen molar-refractivity contribution in [3.05, 3.63) is 53.6 Å². The van der Waals surface area contributed by atoms with Crippen LogP contribution in [0.25, 0.3) is 11.1 Å². The molecule has 0 spiro atoms. The van der Waals surface area contributed by atoms with Gasteiger partial charge >= 0.3 is 12.0 Å². The molecule has 0 heterocycles. The van der Waals surface area contributed by atoms with Crippen molar-refractivity contribution >= 4 is 29.5 Å². The number of hydrogen-bond donors (Lipinski definition) is 2. The lowest BCUT2D eigenvalue weighted by atomic mass is 10.1. The second kappa shape index (κ2) is 10.3. The Bertz CT molecular complexity index is 840. The molecule has 0 radical (unpaired) electrons. The van der Waals surface area contributed by atoms with Crippen molar-refractivity contribution < 1.29 is 23.9 Å². The second-order valence-corrected chi connectivity index (χ2v) is 6.54. The van der Waals surface area contributed by atoms with Crippen LogP contribution in [0.2, 0.25) is 5.02 Å². The highest BCUT2D eigenvalue weighted by Gasteiger charge is 2.13. The Labute approximate surface area is 168 Å². The van der Waals surface area contributed by atoms with Gasteiger partial charge in [0, 0.05) is 6.04 Å². The molecule has 0 fully saturated rings. The summed E-state index contributed by atoms with van der Waals surface area (Å²) in [7, 11) is 0. The van der Waals surface area contributed by atoms with E-state index in [-0.39, 0.29) is 6.04 Å². The maximum atomic E-state index is 11.7. The Morgan fingerprint density at radius 3 is 2.36 bits per heavy atom. The lowest BCUT2D eigenvalue weighted by Crippen LogP contribution is -2.44. The van der Waals surface area contributed by atoms with Gasteiger partial charge in [0.25, 0.3) is 5.91 Å². The summed E-state index contributed by atoms with van der Waals surface area (Å²) in [6.45, 7) is 2.49. The third kappa shape index (κ3) is 6.92. The first-order valence-electron chi connectivity index (χ1n) is 8.59. The summed E-state index contributed by atoms with van der Waals surface area (Å²) >= 11 is 6.20. The molecule has 2 aromatic rings. The average Bonchev–Trinajstić information content (AvgIpc) is 2.65. The molecule has 0 aliphatic carbocycles. The minimum atomic E-state index is -0.761. The zero-order valence-electron chi connectivity index (χ0n) is 15.5. The highest BCUT2D eigenvalue weighted by molar-refractivity contribution is 6.32. The zero-order valence-corrected chi connectivity index (χ0v) is 16.3. The maximum Gasteiger partial charge on any atom is 0.344 e. The molecule has 148 valence electrons. The lowest BCUT2D eigenvalue weighted by molar-refractivity contribution is -0.150. The van der Waals surface area contributed by atoms with Crippen LogP contribution in [0.5, 0.6) is 5.75 Å². The Balaban J connectivity index is 1.79. The highest BCUT2D eigenvalue weighted by Crippen LogP contribution is 2.30. The Morgan fingerprint density at radius 1 is 1.00 bits per heavy atom. The fraction of sp³-hybridized carbons (Fsp3) is 0.250. The number of imide groups is 1. The Morgan fingerprint density at radius 2 is 1.71 bits per heavy atom. The second-order valence-electron chi connectivity index (χ2n) is 6.14. The van der Waals surface area contributed by atoms with Crippen molar-refractivity contribution in [2.45, 2.75) is 19.9 Å². The van der Waals surface area contributed by atoms with Crippen LogP contribution in [0.1, 0.15) is 13.8 Å². The van der Waals surface area contributed by atoms with Crippen molar-refractivity contribution in [3.8, 4) is 16.9 Å². The molecule has 2 aromatic carbocycles. The van der Waals surface area contributed by atoms with Crippen molar-refractivity contribution in [1.29, 1.82) is 0 Å². The van der Waals surface area contributed by atoms with Gasteiger partial charge in [-0.25, -0.2) is 9.59 Å². The Kier molecular flexibility index (Phi) is 7.83. The molecule has 0 atom stereocenters. The standard InChI is InChI=1S/C20H21ClN2O5/c1-13(2)22-20(26)23-18(24)11-28-19(25)12-27-17-9-8-15(10-16(17)21)14-6-4-3-5-7-14/h3-10,13H,11-12H2,1-2H3,(H2,22,23,24,26). The minimum absolute atomic E-state index is 0.123. The quantitative estimate of drug-likeness (QED) is 0.691. The molecule has 7 nitrogen and oxygen atoms in total. The molecule has 0 saturated heterocycles. The number of hydrogen-bond acceptors (Lipinski definition) is 5. The summed E-state index contributed by atoms with van der Waals surface area (Å²) < 4.78 is 10.1. The molecule has 2 N–H and O–H groups in total. The number of carbonyl (C=O) groups excluding carboxylic acids is 3. The normalized spacial score (nSPS) is 10.3. The molecule has 0 unspecified atom stereocenters. The number of halogens is 1. The van der Waals surface area contributed by atoms with E-state index in [2.05, 4.69) is 5.32 Å². The molecule has 0 aromatic heterocycles. The molecule has 3 amide bonds. The van der Waals surface area contributed by atoms with Gasteiger partial charge in [0.15, 0.2) is 13.2 Å². The van der Waals surface area contributed by atoms with E-state index in [1.165, 1.54) is 0 Å². The number of urea groups is 1. The number of rotatable bonds is 7. The van der Waals surface area contributed by atoms with Crippen LogP contribution >= 0.6 is 11.6 Å². The SMILES string of the molecule is CC(C)NC(=O)NC(=O)COC(=O)COc1ccc(-c2ccccc2)cc1Cl. The van der Waals surface area contributed by atoms with Gasteiger partial charge in [-0.2, -0.15) is 0 Å². The summed E-state index contributed by atoms with van der Waals surface area (Å²) in [5, 5.41) is 4.87. The van der Waals surface area contributed by atoms with E-state index in [1.807, 2.05) is 41.7 Å². The molecule has 8 heteroatoms. The fourth-order valence-electron chi connectivity index (χ4n) is 2.21. The summed E-state index contributed by atoms with van der Waals surface area (Å²) in [6, 6.07) is 14.1. The van der Waals surface area contributed by atoms with E-state index in [0.717, 1.165) is 11.1 Å². The van der Waals surface area contributed by atoms with Crippen LogP contribution in [-0.2, 0) is 14.3 Å². The van der Waals surface area contributed by atoms with Gasteiger partial charge in [-0.3, -0.25) is 10.1 Å². The summed E-state index contributed by atoms with van der Waals surface area (Å²) in [4.78, 5) is 34.6. The van der Waals surface area contributed by atoms with E-state index < -0.39 is 31.1 Å². The predicted molar refractivity (Wildman–Crippen MR) is 105 cm³/mol. The molecule has 0 aliphatic heterocycles. The molecule has 0 saturated carbocycles. The smallest absolute Gasteiger partial charge is 0.344 e. The maximum absolute atomic E-state index is 11.7. The predicted octanol–water partition coefficient (Wildman–Crippen LogP) is 3.16. The van der Waals surface area contributed by atoms with Crippen molar-refractivity contribution in [1.82, 2.24) is 10.6 Å². The molecule has 0 aliphatic rings. The zero-order chi connectivity index (χ0) is 20.5. The third-order valence-corrected chi connectivity index (χ3v) is 3.72. The topological polar surface area (TPSA) is 93.7 Å². The van der Waals surface area contributed by atoms with Gasteiger partial charge in [0.2, 0.25) is 0 Å². The molecular weight excluding hydrogens is 384 g/mol. The third-order valence-electron chi connectivity index (χ3n) is 3.42. The van der Waals surface area contributed by atoms with Crippen LogP contribution in [-0.4, -0.2) is 37.2 Å².